The van der Waals surface area contributed by atoms with Gasteiger partial charge in [-0.3, -0.25) is 10.1 Å². The first-order valence-corrected chi connectivity index (χ1v) is 6.69. The minimum Gasteiger partial charge on any atom is -0.396 e. The lowest BCUT2D eigenvalue weighted by Gasteiger charge is -2.11. The summed E-state index contributed by atoms with van der Waals surface area (Å²) in [6.07, 6.45) is 1.85. The Balaban J connectivity index is 2.30. The van der Waals surface area contributed by atoms with Crippen LogP contribution in [0.4, 0.5) is 11.5 Å². The summed E-state index contributed by atoms with van der Waals surface area (Å²) >= 11 is 5.88. The Morgan fingerprint density at radius 3 is 2.95 bits per heavy atom. The minimum absolute atomic E-state index is 0.0157. The van der Waals surface area contributed by atoms with E-state index in [0.29, 0.717) is 25.4 Å². The molecule has 2 N–H and O–H groups in total. The SMILES string of the molecule is O=[N+]([O-])c1c(Cl)nc(C2CCCO2)nc1NCCCO. The summed E-state index contributed by atoms with van der Waals surface area (Å²) in [5.41, 5.74) is -0.355. The van der Waals surface area contributed by atoms with E-state index in [-0.39, 0.29) is 29.4 Å². The van der Waals surface area contributed by atoms with Gasteiger partial charge in [0.25, 0.3) is 0 Å². The molecule has 1 aromatic heterocycles. The van der Waals surface area contributed by atoms with E-state index in [1.807, 2.05) is 0 Å². The van der Waals surface area contributed by atoms with Crippen molar-refractivity contribution < 1.29 is 14.8 Å². The second-order valence-electron chi connectivity index (χ2n) is 4.33. The molecule has 0 amide bonds. The smallest absolute Gasteiger partial charge is 0.348 e. The summed E-state index contributed by atoms with van der Waals surface area (Å²) < 4.78 is 5.45. The Morgan fingerprint density at radius 2 is 2.35 bits per heavy atom. The zero-order chi connectivity index (χ0) is 14.5. The van der Waals surface area contributed by atoms with Gasteiger partial charge in [0.1, 0.15) is 6.10 Å². The molecule has 9 heteroatoms. The second-order valence-corrected chi connectivity index (χ2v) is 4.69. The number of aromatic nitrogens is 2. The fourth-order valence-corrected chi connectivity index (χ4v) is 2.19. The molecule has 20 heavy (non-hydrogen) atoms. The van der Waals surface area contributed by atoms with E-state index in [0.717, 1.165) is 12.8 Å². The quantitative estimate of drug-likeness (QED) is 0.356. The maximum absolute atomic E-state index is 11.0. The highest BCUT2D eigenvalue weighted by Gasteiger charge is 2.28. The molecule has 110 valence electrons. The molecule has 1 aromatic rings. The third kappa shape index (κ3) is 3.33. The summed E-state index contributed by atoms with van der Waals surface area (Å²) in [4.78, 5) is 18.5. The number of anilines is 1. The molecule has 1 aliphatic heterocycles. The number of nitrogens with one attached hydrogen (secondary N) is 1. The van der Waals surface area contributed by atoms with Gasteiger partial charge in [0.15, 0.2) is 5.82 Å². The number of rotatable bonds is 6. The monoisotopic (exact) mass is 302 g/mol. The highest BCUT2D eigenvalue weighted by Crippen LogP contribution is 2.34. The van der Waals surface area contributed by atoms with E-state index in [2.05, 4.69) is 15.3 Å². The van der Waals surface area contributed by atoms with Crippen LogP contribution >= 0.6 is 11.6 Å². The fourth-order valence-electron chi connectivity index (χ4n) is 1.94. The van der Waals surface area contributed by atoms with Crippen molar-refractivity contribution in [3.63, 3.8) is 0 Å². The van der Waals surface area contributed by atoms with Crippen molar-refractivity contribution in [3.8, 4) is 0 Å². The van der Waals surface area contributed by atoms with Crippen LogP contribution in [0.5, 0.6) is 0 Å². The molecule has 0 bridgehead atoms. The van der Waals surface area contributed by atoms with Gasteiger partial charge < -0.3 is 15.2 Å². The van der Waals surface area contributed by atoms with Crippen molar-refractivity contribution in [2.75, 3.05) is 25.1 Å². The normalized spacial score (nSPS) is 18.2. The number of halogens is 1. The zero-order valence-corrected chi connectivity index (χ0v) is 11.5. The van der Waals surface area contributed by atoms with Gasteiger partial charge >= 0.3 is 5.69 Å². The largest absolute Gasteiger partial charge is 0.396 e. The number of hydrogen-bond acceptors (Lipinski definition) is 7. The van der Waals surface area contributed by atoms with Crippen LogP contribution < -0.4 is 5.32 Å². The average molecular weight is 303 g/mol. The molecule has 8 nitrogen and oxygen atoms in total. The van der Waals surface area contributed by atoms with Crippen molar-refractivity contribution in [2.24, 2.45) is 0 Å². The van der Waals surface area contributed by atoms with Crippen molar-refractivity contribution in [3.05, 3.63) is 21.1 Å². The molecule has 1 saturated heterocycles. The van der Waals surface area contributed by atoms with Gasteiger partial charge in [0, 0.05) is 19.8 Å². The average Bonchev–Trinajstić information content (AvgIpc) is 2.91. The first kappa shape index (κ1) is 14.9. The van der Waals surface area contributed by atoms with Gasteiger partial charge in [-0.2, -0.15) is 0 Å². The second kappa shape index (κ2) is 6.78. The molecule has 0 radical (unpaired) electrons. The molecule has 2 rings (SSSR count). The highest BCUT2D eigenvalue weighted by molar-refractivity contribution is 6.31. The van der Waals surface area contributed by atoms with Gasteiger partial charge in [0.05, 0.1) is 4.92 Å². The lowest BCUT2D eigenvalue weighted by atomic mass is 10.2. The standard InChI is InChI=1S/C11H15ClN4O4/c12-9-8(16(18)19)11(13-4-2-5-17)15-10(14-9)7-3-1-6-20-7/h7,17H,1-6H2,(H,13,14,15). The number of hydrogen-bond donors (Lipinski definition) is 2. The third-order valence-corrected chi connectivity index (χ3v) is 3.15. The first-order chi connectivity index (χ1) is 9.63. The molecular formula is C11H15ClN4O4. The predicted octanol–water partition coefficient (Wildman–Crippen LogP) is 1.68. The molecule has 1 unspecified atom stereocenters. The van der Waals surface area contributed by atoms with Gasteiger partial charge in [0.2, 0.25) is 11.0 Å². The Morgan fingerprint density at radius 1 is 1.55 bits per heavy atom. The van der Waals surface area contributed by atoms with Crippen LogP contribution in [0.2, 0.25) is 5.15 Å². The van der Waals surface area contributed by atoms with E-state index >= 15 is 0 Å². The Kier molecular flexibility index (Phi) is 5.05. The van der Waals surface area contributed by atoms with Crippen molar-refractivity contribution in [2.45, 2.75) is 25.4 Å². The van der Waals surface area contributed by atoms with Gasteiger partial charge in [-0.05, 0) is 19.3 Å². The summed E-state index contributed by atoms with van der Waals surface area (Å²) in [5.74, 6) is 0.415. The van der Waals surface area contributed by atoms with E-state index < -0.39 is 4.92 Å². The molecule has 0 saturated carbocycles. The molecular weight excluding hydrogens is 288 g/mol. The molecule has 1 atom stereocenters. The Bertz CT molecular complexity index is 494. The number of aliphatic hydroxyl groups excluding tert-OH is 1. The highest BCUT2D eigenvalue weighted by atomic mass is 35.5. The van der Waals surface area contributed by atoms with Crippen LogP contribution in [0.3, 0.4) is 0 Å². The molecule has 0 aromatic carbocycles. The van der Waals surface area contributed by atoms with Gasteiger partial charge in [-0.25, -0.2) is 9.97 Å². The van der Waals surface area contributed by atoms with Crippen LogP contribution in [0.25, 0.3) is 0 Å². The maximum atomic E-state index is 11.0. The van der Waals surface area contributed by atoms with Gasteiger partial charge in [-0.15, -0.1) is 0 Å². The summed E-state index contributed by atoms with van der Waals surface area (Å²) in [5, 5.41) is 22.4. The lowest BCUT2D eigenvalue weighted by molar-refractivity contribution is -0.384. The summed E-state index contributed by atoms with van der Waals surface area (Å²) in [6, 6.07) is 0. The van der Waals surface area contributed by atoms with Crippen LogP contribution in [0.1, 0.15) is 31.2 Å². The van der Waals surface area contributed by atoms with E-state index in [4.69, 9.17) is 21.4 Å². The molecule has 2 heterocycles. The zero-order valence-electron chi connectivity index (χ0n) is 10.7. The molecule has 1 aliphatic rings. The van der Waals surface area contributed by atoms with Crippen molar-refractivity contribution >= 4 is 23.1 Å². The molecule has 1 fully saturated rings. The van der Waals surface area contributed by atoms with Crippen LogP contribution in [0, 0.1) is 10.1 Å². The summed E-state index contributed by atoms with van der Waals surface area (Å²) in [6.45, 7) is 0.962. The van der Waals surface area contributed by atoms with E-state index in [1.165, 1.54) is 0 Å². The topological polar surface area (TPSA) is 110 Å². The summed E-state index contributed by atoms with van der Waals surface area (Å²) in [7, 11) is 0. The van der Waals surface area contributed by atoms with Crippen LogP contribution in [0.15, 0.2) is 0 Å². The van der Waals surface area contributed by atoms with Crippen LogP contribution in [-0.4, -0.2) is 39.8 Å². The molecule has 0 spiro atoms. The number of nitro groups is 1. The Labute approximate surface area is 120 Å². The third-order valence-electron chi connectivity index (χ3n) is 2.89. The lowest BCUT2D eigenvalue weighted by Crippen LogP contribution is -2.12. The van der Waals surface area contributed by atoms with E-state index in [9.17, 15) is 10.1 Å². The Hall–Kier alpha value is -1.51. The fraction of sp³-hybridized carbons (Fsp3) is 0.636. The number of aliphatic hydroxyl groups is 1. The van der Waals surface area contributed by atoms with Gasteiger partial charge in [-0.1, -0.05) is 11.6 Å². The number of ether oxygens (including phenoxy) is 1. The predicted molar refractivity (Wildman–Crippen MR) is 71.8 cm³/mol. The van der Waals surface area contributed by atoms with Crippen molar-refractivity contribution in [1.29, 1.82) is 0 Å². The minimum atomic E-state index is -0.622. The van der Waals surface area contributed by atoms with Crippen LogP contribution in [-0.2, 0) is 4.74 Å². The van der Waals surface area contributed by atoms with E-state index in [1.54, 1.807) is 0 Å². The van der Waals surface area contributed by atoms with Crippen molar-refractivity contribution in [1.82, 2.24) is 9.97 Å². The first-order valence-electron chi connectivity index (χ1n) is 6.31. The maximum Gasteiger partial charge on any atom is 0.348 e. The number of nitrogens with zero attached hydrogens (tertiary/aromatic N) is 3. The molecule has 0 aliphatic carbocycles.